The first-order chi connectivity index (χ1) is 6.83. The molecule has 0 amide bonds. The molecule has 1 N–H and O–H groups in total. The molecule has 1 aromatic heterocycles. The van der Waals surface area contributed by atoms with E-state index in [9.17, 15) is 4.79 Å². The molecule has 4 heteroatoms. The van der Waals surface area contributed by atoms with Crippen molar-refractivity contribution in [1.29, 1.82) is 0 Å². The number of ether oxygens (including phenoxy) is 1. The lowest BCUT2D eigenvalue weighted by molar-refractivity contribution is -0.144. The van der Waals surface area contributed by atoms with Gasteiger partial charge in [-0.15, -0.1) is 0 Å². The van der Waals surface area contributed by atoms with Gasteiger partial charge in [0, 0.05) is 24.5 Å². The molecule has 76 valence electrons. The van der Waals surface area contributed by atoms with Gasteiger partial charge in [0.2, 0.25) is 0 Å². The molecule has 0 radical (unpaired) electrons. The highest BCUT2D eigenvalue weighted by Gasteiger charge is 2.01. The molecule has 0 fully saturated rings. The van der Waals surface area contributed by atoms with Crippen LogP contribution in [0.1, 0.15) is 12.0 Å². The van der Waals surface area contributed by atoms with E-state index in [-0.39, 0.29) is 5.97 Å². The second-order valence-corrected chi connectivity index (χ2v) is 2.88. The molecule has 0 spiro atoms. The summed E-state index contributed by atoms with van der Waals surface area (Å²) in [6.45, 7) is 0.947. The normalized spacial score (nSPS) is 9.79. The largest absolute Gasteiger partial charge is 0.461 e. The first-order valence-corrected chi connectivity index (χ1v) is 4.52. The first-order valence-electron chi connectivity index (χ1n) is 4.52. The zero-order chi connectivity index (χ0) is 10.2. The zero-order valence-electron chi connectivity index (χ0n) is 8.19. The Morgan fingerprint density at radius 2 is 2.50 bits per heavy atom. The Bertz CT molecular complexity index is 275. The standard InChI is InChI=1S/C10H14N2O2/c1-11-6-4-10(13)14-8-9-3-2-5-12-7-9/h2-3,5,7,11H,4,6,8H2,1H3. The second kappa shape index (κ2) is 6.10. The Morgan fingerprint density at radius 1 is 1.64 bits per heavy atom. The minimum atomic E-state index is -0.191. The van der Waals surface area contributed by atoms with Crippen LogP contribution in [0.5, 0.6) is 0 Å². The van der Waals surface area contributed by atoms with Gasteiger partial charge in [-0.05, 0) is 13.1 Å². The molecule has 1 aromatic rings. The van der Waals surface area contributed by atoms with Crippen molar-refractivity contribution in [1.82, 2.24) is 10.3 Å². The third kappa shape index (κ3) is 4.00. The van der Waals surface area contributed by atoms with Gasteiger partial charge >= 0.3 is 5.97 Å². The Morgan fingerprint density at radius 3 is 3.14 bits per heavy atom. The zero-order valence-corrected chi connectivity index (χ0v) is 8.19. The molecule has 1 rings (SSSR count). The predicted molar refractivity (Wildman–Crippen MR) is 52.6 cm³/mol. The molecule has 0 atom stereocenters. The van der Waals surface area contributed by atoms with Crippen LogP contribution in [-0.2, 0) is 16.1 Å². The average molecular weight is 194 g/mol. The van der Waals surface area contributed by atoms with E-state index in [1.165, 1.54) is 0 Å². The van der Waals surface area contributed by atoms with Crippen molar-refractivity contribution in [2.45, 2.75) is 13.0 Å². The lowest BCUT2D eigenvalue weighted by atomic mass is 10.3. The van der Waals surface area contributed by atoms with Gasteiger partial charge in [-0.1, -0.05) is 6.07 Å². The summed E-state index contributed by atoms with van der Waals surface area (Å²) in [5.74, 6) is -0.191. The van der Waals surface area contributed by atoms with Gasteiger partial charge in [0.15, 0.2) is 0 Å². The van der Waals surface area contributed by atoms with Gasteiger partial charge in [-0.25, -0.2) is 0 Å². The molecular weight excluding hydrogens is 180 g/mol. The van der Waals surface area contributed by atoms with Crippen LogP contribution >= 0.6 is 0 Å². The van der Waals surface area contributed by atoms with Gasteiger partial charge in [0.25, 0.3) is 0 Å². The van der Waals surface area contributed by atoms with E-state index in [0.717, 1.165) is 5.56 Å². The SMILES string of the molecule is CNCCC(=O)OCc1cccnc1. The summed E-state index contributed by atoms with van der Waals surface area (Å²) in [7, 11) is 1.80. The van der Waals surface area contributed by atoms with Crippen LogP contribution in [-0.4, -0.2) is 24.5 Å². The van der Waals surface area contributed by atoms with Gasteiger partial charge in [-0.2, -0.15) is 0 Å². The van der Waals surface area contributed by atoms with Crippen molar-refractivity contribution in [2.24, 2.45) is 0 Å². The van der Waals surface area contributed by atoms with Crippen LogP contribution in [0.3, 0.4) is 0 Å². The van der Waals surface area contributed by atoms with Crippen molar-refractivity contribution in [2.75, 3.05) is 13.6 Å². The fourth-order valence-electron chi connectivity index (χ4n) is 0.947. The highest BCUT2D eigenvalue weighted by atomic mass is 16.5. The molecule has 14 heavy (non-hydrogen) atoms. The van der Waals surface area contributed by atoms with E-state index in [0.29, 0.717) is 19.6 Å². The van der Waals surface area contributed by atoms with Crippen LogP contribution in [0.15, 0.2) is 24.5 Å². The molecule has 0 aliphatic carbocycles. The highest BCUT2D eigenvalue weighted by molar-refractivity contribution is 5.69. The van der Waals surface area contributed by atoms with Crippen molar-refractivity contribution in [3.05, 3.63) is 30.1 Å². The second-order valence-electron chi connectivity index (χ2n) is 2.88. The van der Waals surface area contributed by atoms with E-state index in [4.69, 9.17) is 4.74 Å². The van der Waals surface area contributed by atoms with E-state index >= 15 is 0 Å². The number of hydrogen-bond donors (Lipinski definition) is 1. The van der Waals surface area contributed by atoms with Crippen LogP contribution in [0, 0.1) is 0 Å². The summed E-state index contributed by atoms with van der Waals surface area (Å²) in [6, 6.07) is 3.69. The van der Waals surface area contributed by atoms with E-state index in [1.807, 2.05) is 12.1 Å². The number of esters is 1. The number of carbonyl (C=O) groups is 1. The van der Waals surface area contributed by atoms with Crippen molar-refractivity contribution in [3.63, 3.8) is 0 Å². The highest BCUT2D eigenvalue weighted by Crippen LogP contribution is 1.99. The van der Waals surface area contributed by atoms with Crippen molar-refractivity contribution >= 4 is 5.97 Å². The fourth-order valence-corrected chi connectivity index (χ4v) is 0.947. The maximum Gasteiger partial charge on any atom is 0.307 e. The summed E-state index contributed by atoms with van der Waals surface area (Å²) >= 11 is 0. The fraction of sp³-hybridized carbons (Fsp3) is 0.400. The summed E-state index contributed by atoms with van der Waals surface area (Å²) in [4.78, 5) is 15.0. The third-order valence-electron chi connectivity index (χ3n) is 1.70. The van der Waals surface area contributed by atoms with Crippen LogP contribution in [0.4, 0.5) is 0 Å². The van der Waals surface area contributed by atoms with E-state index in [1.54, 1.807) is 19.4 Å². The Balaban J connectivity index is 2.24. The average Bonchev–Trinajstić information content (AvgIpc) is 2.25. The number of aromatic nitrogens is 1. The summed E-state index contributed by atoms with van der Waals surface area (Å²) in [5.41, 5.74) is 0.908. The molecule has 1 heterocycles. The topological polar surface area (TPSA) is 51.2 Å². The lowest BCUT2D eigenvalue weighted by Crippen LogP contribution is -2.14. The molecule has 0 aliphatic rings. The summed E-state index contributed by atoms with van der Waals surface area (Å²) < 4.78 is 5.01. The predicted octanol–water partition coefficient (Wildman–Crippen LogP) is 0.734. The maximum atomic E-state index is 11.1. The first kappa shape index (κ1) is 10.7. The Kier molecular flexibility index (Phi) is 4.64. The number of nitrogens with one attached hydrogen (secondary N) is 1. The Labute approximate surface area is 83.3 Å². The Hall–Kier alpha value is -1.42. The molecule has 4 nitrogen and oxygen atoms in total. The maximum absolute atomic E-state index is 11.1. The minimum Gasteiger partial charge on any atom is -0.461 e. The van der Waals surface area contributed by atoms with Crippen molar-refractivity contribution < 1.29 is 9.53 Å². The molecule has 0 saturated carbocycles. The van der Waals surface area contributed by atoms with Gasteiger partial charge in [0.05, 0.1) is 6.42 Å². The van der Waals surface area contributed by atoms with Crippen LogP contribution < -0.4 is 5.32 Å². The number of pyridine rings is 1. The monoisotopic (exact) mass is 194 g/mol. The van der Waals surface area contributed by atoms with E-state index < -0.39 is 0 Å². The molecular formula is C10H14N2O2. The lowest BCUT2D eigenvalue weighted by Gasteiger charge is -2.03. The molecule has 0 unspecified atom stereocenters. The number of rotatable bonds is 5. The van der Waals surface area contributed by atoms with Gasteiger partial charge in [0.1, 0.15) is 6.61 Å². The minimum absolute atomic E-state index is 0.191. The third-order valence-corrected chi connectivity index (χ3v) is 1.70. The van der Waals surface area contributed by atoms with Gasteiger partial charge < -0.3 is 10.1 Å². The van der Waals surface area contributed by atoms with Gasteiger partial charge in [-0.3, -0.25) is 9.78 Å². The summed E-state index contributed by atoms with van der Waals surface area (Å²) in [5, 5.41) is 2.88. The van der Waals surface area contributed by atoms with E-state index in [2.05, 4.69) is 10.3 Å². The quantitative estimate of drug-likeness (QED) is 0.702. The molecule has 0 saturated heterocycles. The number of hydrogen-bond acceptors (Lipinski definition) is 4. The molecule has 0 bridgehead atoms. The van der Waals surface area contributed by atoms with Crippen LogP contribution in [0.2, 0.25) is 0 Å². The number of nitrogens with zero attached hydrogens (tertiary/aromatic N) is 1. The summed E-state index contributed by atoms with van der Waals surface area (Å²) in [6.07, 6.45) is 3.77. The van der Waals surface area contributed by atoms with Crippen molar-refractivity contribution in [3.8, 4) is 0 Å². The smallest absolute Gasteiger partial charge is 0.307 e. The van der Waals surface area contributed by atoms with Crippen LogP contribution in [0.25, 0.3) is 0 Å². The number of carbonyl (C=O) groups excluding carboxylic acids is 1. The molecule has 0 aliphatic heterocycles. The molecule has 0 aromatic carbocycles.